The summed E-state index contributed by atoms with van der Waals surface area (Å²) in [6.45, 7) is 4.59. The Hall–Kier alpha value is -0.610. The number of rotatable bonds is 5. The maximum Gasteiger partial charge on any atom is 0.222 e. The minimum absolute atomic E-state index is 0.258. The first-order chi connectivity index (χ1) is 9.74. The van der Waals surface area contributed by atoms with Gasteiger partial charge in [0.05, 0.1) is 6.10 Å². The second kappa shape index (κ2) is 7.99. The quantitative estimate of drug-likeness (QED) is 0.842. The highest BCUT2D eigenvalue weighted by Crippen LogP contribution is 2.26. The number of carbonyl (C=O) groups excluding carboxylic acids is 1. The Morgan fingerprint density at radius 2 is 2.20 bits per heavy atom. The molecule has 0 aromatic carbocycles. The molecule has 1 amide bonds. The maximum atomic E-state index is 12.4. The van der Waals surface area contributed by atoms with Crippen LogP contribution in [0, 0.1) is 5.92 Å². The van der Waals surface area contributed by atoms with Crippen LogP contribution in [0.3, 0.4) is 0 Å². The predicted molar refractivity (Wildman–Crippen MR) is 80.4 cm³/mol. The monoisotopic (exact) mass is 282 g/mol. The third-order valence-corrected chi connectivity index (χ3v) is 4.95. The number of amides is 1. The summed E-state index contributed by atoms with van der Waals surface area (Å²) in [6, 6.07) is 0.258. The van der Waals surface area contributed by atoms with Crippen molar-refractivity contribution in [2.75, 3.05) is 19.7 Å². The van der Waals surface area contributed by atoms with Crippen LogP contribution in [0.25, 0.3) is 0 Å². The SMILES string of the molecule is CCC1CCN(C(=O)CCC2CCCCO2)C(CN)C1. The third kappa shape index (κ3) is 4.19. The molecule has 0 aromatic heterocycles. The van der Waals surface area contributed by atoms with Crippen LogP contribution in [0.5, 0.6) is 0 Å². The van der Waals surface area contributed by atoms with Crippen molar-refractivity contribution in [3.8, 4) is 0 Å². The molecular formula is C16H30N2O2. The molecule has 2 heterocycles. The van der Waals surface area contributed by atoms with Gasteiger partial charge in [-0.2, -0.15) is 0 Å². The zero-order valence-electron chi connectivity index (χ0n) is 12.9. The van der Waals surface area contributed by atoms with Crippen molar-refractivity contribution in [3.05, 3.63) is 0 Å². The highest BCUT2D eigenvalue weighted by Gasteiger charge is 2.30. The lowest BCUT2D eigenvalue weighted by Gasteiger charge is -2.39. The number of ether oxygens (including phenoxy) is 1. The first kappa shape index (κ1) is 15.8. The lowest BCUT2D eigenvalue weighted by Crippen LogP contribution is -2.49. The fourth-order valence-electron chi connectivity index (χ4n) is 3.52. The molecule has 0 radical (unpaired) electrons. The highest BCUT2D eigenvalue weighted by atomic mass is 16.5. The molecule has 0 bridgehead atoms. The zero-order chi connectivity index (χ0) is 14.4. The average Bonchev–Trinajstić information content (AvgIpc) is 2.52. The Morgan fingerprint density at radius 1 is 1.35 bits per heavy atom. The summed E-state index contributed by atoms with van der Waals surface area (Å²) >= 11 is 0. The number of hydrogen-bond donors (Lipinski definition) is 1. The van der Waals surface area contributed by atoms with Gasteiger partial charge in [0.15, 0.2) is 0 Å². The first-order valence-corrected chi connectivity index (χ1v) is 8.35. The second-order valence-electron chi connectivity index (χ2n) is 6.30. The Labute approximate surface area is 123 Å². The third-order valence-electron chi connectivity index (χ3n) is 4.95. The summed E-state index contributed by atoms with van der Waals surface area (Å²) in [4.78, 5) is 14.5. The van der Waals surface area contributed by atoms with Crippen LogP contribution >= 0.6 is 0 Å². The maximum absolute atomic E-state index is 12.4. The van der Waals surface area contributed by atoms with Crippen LogP contribution in [0.15, 0.2) is 0 Å². The van der Waals surface area contributed by atoms with Crippen molar-refractivity contribution in [2.24, 2.45) is 11.7 Å². The van der Waals surface area contributed by atoms with E-state index in [1.807, 2.05) is 4.90 Å². The second-order valence-corrected chi connectivity index (χ2v) is 6.30. The molecule has 2 saturated heterocycles. The van der Waals surface area contributed by atoms with Crippen LogP contribution < -0.4 is 5.73 Å². The van der Waals surface area contributed by atoms with Crippen molar-refractivity contribution in [1.82, 2.24) is 4.90 Å². The fraction of sp³-hybridized carbons (Fsp3) is 0.938. The molecule has 4 nitrogen and oxygen atoms in total. The van der Waals surface area contributed by atoms with Gasteiger partial charge in [-0.1, -0.05) is 13.3 Å². The molecule has 3 atom stereocenters. The lowest BCUT2D eigenvalue weighted by atomic mass is 9.88. The molecule has 2 fully saturated rings. The van der Waals surface area contributed by atoms with Gasteiger partial charge in [-0.3, -0.25) is 4.79 Å². The molecule has 0 saturated carbocycles. The van der Waals surface area contributed by atoms with Crippen LogP contribution in [0.1, 0.15) is 58.3 Å². The van der Waals surface area contributed by atoms with E-state index in [2.05, 4.69) is 6.92 Å². The van der Waals surface area contributed by atoms with Crippen molar-refractivity contribution in [1.29, 1.82) is 0 Å². The summed E-state index contributed by atoms with van der Waals surface area (Å²) in [5.41, 5.74) is 5.87. The average molecular weight is 282 g/mol. The predicted octanol–water partition coefficient (Wildman–Crippen LogP) is 2.31. The van der Waals surface area contributed by atoms with Gasteiger partial charge in [0.25, 0.3) is 0 Å². The number of piperidine rings is 1. The van der Waals surface area contributed by atoms with E-state index in [1.54, 1.807) is 0 Å². The Bertz CT molecular complexity index is 303. The molecule has 4 heteroatoms. The Morgan fingerprint density at radius 3 is 2.85 bits per heavy atom. The van der Waals surface area contributed by atoms with E-state index >= 15 is 0 Å². The molecule has 0 spiro atoms. The molecular weight excluding hydrogens is 252 g/mol. The van der Waals surface area contributed by atoms with E-state index in [1.165, 1.54) is 19.3 Å². The van der Waals surface area contributed by atoms with Gasteiger partial charge in [-0.25, -0.2) is 0 Å². The van der Waals surface area contributed by atoms with Gasteiger partial charge >= 0.3 is 0 Å². The van der Waals surface area contributed by atoms with Crippen molar-refractivity contribution < 1.29 is 9.53 Å². The van der Waals surface area contributed by atoms with Crippen LogP contribution in [0.2, 0.25) is 0 Å². The largest absolute Gasteiger partial charge is 0.378 e. The number of likely N-dealkylation sites (tertiary alicyclic amines) is 1. The number of nitrogens with zero attached hydrogens (tertiary/aromatic N) is 1. The van der Waals surface area contributed by atoms with Crippen LogP contribution in [-0.4, -0.2) is 42.6 Å². The van der Waals surface area contributed by atoms with Gasteiger partial charge in [0.1, 0.15) is 0 Å². The molecule has 20 heavy (non-hydrogen) atoms. The summed E-state index contributed by atoms with van der Waals surface area (Å²) in [5.74, 6) is 1.03. The molecule has 2 aliphatic heterocycles. The molecule has 2 N–H and O–H groups in total. The topological polar surface area (TPSA) is 55.6 Å². The summed E-state index contributed by atoms with van der Waals surface area (Å²) in [7, 11) is 0. The van der Waals surface area contributed by atoms with Gasteiger partial charge in [0.2, 0.25) is 5.91 Å². The van der Waals surface area contributed by atoms with Crippen LogP contribution in [0.4, 0.5) is 0 Å². The molecule has 0 aliphatic carbocycles. The van der Waals surface area contributed by atoms with E-state index < -0.39 is 0 Å². The van der Waals surface area contributed by atoms with E-state index in [0.29, 0.717) is 19.1 Å². The van der Waals surface area contributed by atoms with Gasteiger partial charge < -0.3 is 15.4 Å². The lowest BCUT2D eigenvalue weighted by molar-refractivity contribution is -0.136. The summed E-state index contributed by atoms with van der Waals surface area (Å²) in [5, 5.41) is 0. The summed E-state index contributed by atoms with van der Waals surface area (Å²) < 4.78 is 5.71. The van der Waals surface area contributed by atoms with Crippen molar-refractivity contribution in [3.63, 3.8) is 0 Å². The number of hydrogen-bond acceptors (Lipinski definition) is 3. The minimum Gasteiger partial charge on any atom is -0.378 e. The first-order valence-electron chi connectivity index (χ1n) is 8.35. The normalized spacial score (nSPS) is 31.3. The van der Waals surface area contributed by atoms with E-state index in [9.17, 15) is 4.79 Å². The zero-order valence-corrected chi connectivity index (χ0v) is 12.9. The van der Waals surface area contributed by atoms with Gasteiger partial charge in [-0.05, 0) is 44.4 Å². The molecule has 0 aromatic rings. The number of carbonyl (C=O) groups is 1. The molecule has 2 aliphatic rings. The standard InChI is InChI=1S/C16H30N2O2/c1-2-13-8-9-18(14(11-13)12-17)16(19)7-6-15-5-3-4-10-20-15/h13-15H,2-12,17H2,1H3. The molecule has 116 valence electrons. The van der Waals surface area contributed by atoms with E-state index in [0.717, 1.165) is 44.8 Å². The Balaban J connectivity index is 1.78. The van der Waals surface area contributed by atoms with E-state index in [4.69, 9.17) is 10.5 Å². The Kier molecular flexibility index (Phi) is 6.30. The van der Waals surface area contributed by atoms with Crippen LogP contribution in [-0.2, 0) is 9.53 Å². The highest BCUT2D eigenvalue weighted by molar-refractivity contribution is 5.76. The smallest absolute Gasteiger partial charge is 0.222 e. The fourth-order valence-corrected chi connectivity index (χ4v) is 3.52. The van der Waals surface area contributed by atoms with Gasteiger partial charge in [-0.15, -0.1) is 0 Å². The van der Waals surface area contributed by atoms with E-state index in [-0.39, 0.29) is 11.9 Å². The number of nitrogens with two attached hydrogens (primary N) is 1. The molecule has 3 unspecified atom stereocenters. The van der Waals surface area contributed by atoms with Crippen molar-refractivity contribution >= 4 is 5.91 Å². The summed E-state index contributed by atoms with van der Waals surface area (Å²) in [6.07, 6.45) is 8.76. The van der Waals surface area contributed by atoms with Gasteiger partial charge in [0, 0.05) is 32.2 Å². The minimum atomic E-state index is 0.258. The van der Waals surface area contributed by atoms with Crippen molar-refractivity contribution in [2.45, 2.75) is 70.4 Å². The molecule has 2 rings (SSSR count).